The quantitative estimate of drug-likeness (QED) is 0.898. The van der Waals surface area contributed by atoms with Crippen LogP contribution in [-0.4, -0.2) is 43.8 Å². The average Bonchev–Trinajstić information content (AvgIpc) is 2.85. The zero-order valence-electron chi connectivity index (χ0n) is 10.3. The molecule has 0 aliphatic carbocycles. The molecule has 1 fully saturated rings. The van der Waals surface area contributed by atoms with Gasteiger partial charge in [0.2, 0.25) is 5.91 Å². The van der Waals surface area contributed by atoms with E-state index < -0.39 is 10.0 Å². The number of aromatic nitrogens is 1. The summed E-state index contributed by atoms with van der Waals surface area (Å²) in [4.78, 5) is 15.4. The molecule has 1 aromatic rings. The number of thiazole rings is 1. The lowest BCUT2D eigenvalue weighted by Crippen LogP contribution is -2.44. The van der Waals surface area contributed by atoms with E-state index in [1.807, 2.05) is 0 Å². The first-order chi connectivity index (χ1) is 8.95. The lowest BCUT2D eigenvalue weighted by Gasteiger charge is -2.30. The van der Waals surface area contributed by atoms with Crippen LogP contribution in [0.25, 0.3) is 0 Å². The molecule has 1 atom stereocenters. The van der Waals surface area contributed by atoms with Gasteiger partial charge in [0.15, 0.2) is 8.68 Å². The Bertz CT molecular complexity index is 572. The van der Waals surface area contributed by atoms with E-state index in [-0.39, 0.29) is 27.0 Å². The van der Waals surface area contributed by atoms with Gasteiger partial charge in [0.05, 0.1) is 12.1 Å². The molecular weight excluding hydrogens is 310 g/mol. The molecule has 1 N–H and O–H groups in total. The second-order valence-corrected chi connectivity index (χ2v) is 8.03. The molecule has 106 valence electrons. The second-order valence-electron chi connectivity index (χ2n) is 4.25. The highest BCUT2D eigenvalue weighted by atomic mass is 35.5. The maximum absolute atomic E-state index is 12.4. The van der Waals surface area contributed by atoms with Crippen LogP contribution < -0.4 is 5.32 Å². The maximum Gasteiger partial charge on any atom is 0.254 e. The lowest BCUT2D eigenvalue weighted by molar-refractivity contribution is -0.125. The molecule has 2 rings (SSSR count). The molecule has 1 aliphatic rings. The van der Waals surface area contributed by atoms with Crippen molar-refractivity contribution in [2.45, 2.75) is 17.1 Å². The predicted molar refractivity (Wildman–Crippen MR) is 72.7 cm³/mol. The third kappa shape index (κ3) is 3.07. The second kappa shape index (κ2) is 5.74. The predicted octanol–water partition coefficient (Wildman–Crippen LogP) is 0.943. The first-order valence-corrected chi connectivity index (χ1v) is 8.41. The van der Waals surface area contributed by atoms with Crippen LogP contribution in [0.3, 0.4) is 0 Å². The van der Waals surface area contributed by atoms with Crippen molar-refractivity contribution >= 4 is 38.9 Å². The fraction of sp³-hybridized carbons (Fsp3) is 0.600. The number of carbonyl (C=O) groups excluding carboxylic acids is 1. The van der Waals surface area contributed by atoms with Crippen LogP contribution in [0.4, 0.5) is 0 Å². The first-order valence-electron chi connectivity index (χ1n) is 5.78. The van der Waals surface area contributed by atoms with E-state index in [4.69, 9.17) is 11.6 Å². The Kier molecular flexibility index (Phi) is 4.44. The normalized spacial score (nSPS) is 21.3. The van der Waals surface area contributed by atoms with Gasteiger partial charge in [-0.05, 0) is 12.8 Å². The average molecular weight is 324 g/mol. The molecule has 0 aromatic carbocycles. The smallest absolute Gasteiger partial charge is 0.254 e. The number of nitrogens with one attached hydrogen (secondary N) is 1. The van der Waals surface area contributed by atoms with Gasteiger partial charge in [-0.3, -0.25) is 4.79 Å². The molecule has 1 unspecified atom stereocenters. The van der Waals surface area contributed by atoms with E-state index in [1.54, 1.807) is 7.05 Å². The summed E-state index contributed by atoms with van der Waals surface area (Å²) in [5.74, 6) is -0.417. The number of halogens is 1. The summed E-state index contributed by atoms with van der Waals surface area (Å²) < 4.78 is 26.4. The van der Waals surface area contributed by atoms with Crippen LogP contribution in [0.5, 0.6) is 0 Å². The van der Waals surface area contributed by atoms with E-state index in [1.165, 1.54) is 10.5 Å². The van der Waals surface area contributed by atoms with Gasteiger partial charge in [0, 0.05) is 20.1 Å². The molecular formula is C10H14ClN3O3S2. The molecule has 19 heavy (non-hydrogen) atoms. The van der Waals surface area contributed by atoms with Crippen molar-refractivity contribution < 1.29 is 13.2 Å². The molecule has 0 saturated carbocycles. The fourth-order valence-corrected chi connectivity index (χ4v) is 5.04. The third-order valence-electron chi connectivity index (χ3n) is 3.05. The Morgan fingerprint density at radius 1 is 1.63 bits per heavy atom. The van der Waals surface area contributed by atoms with Gasteiger partial charge in [-0.15, -0.1) is 0 Å². The zero-order valence-corrected chi connectivity index (χ0v) is 12.7. The highest BCUT2D eigenvalue weighted by Crippen LogP contribution is 2.28. The molecule has 1 aromatic heterocycles. The van der Waals surface area contributed by atoms with Crippen LogP contribution in [-0.2, 0) is 14.8 Å². The van der Waals surface area contributed by atoms with Gasteiger partial charge >= 0.3 is 0 Å². The van der Waals surface area contributed by atoms with Gasteiger partial charge in [-0.2, -0.15) is 4.31 Å². The lowest BCUT2D eigenvalue weighted by atomic mass is 9.99. The fourth-order valence-electron chi connectivity index (χ4n) is 2.06. The number of amides is 1. The summed E-state index contributed by atoms with van der Waals surface area (Å²) in [6.45, 7) is 0.628. The van der Waals surface area contributed by atoms with Crippen LogP contribution in [0.15, 0.2) is 10.4 Å². The van der Waals surface area contributed by atoms with E-state index in [0.29, 0.717) is 19.4 Å². The Morgan fingerprint density at radius 2 is 2.37 bits per heavy atom. The Balaban J connectivity index is 2.19. The molecule has 0 radical (unpaired) electrons. The molecule has 1 amide bonds. The number of rotatable bonds is 3. The molecule has 9 heteroatoms. The molecule has 0 bridgehead atoms. The number of sulfonamides is 1. The number of hydrogen-bond donors (Lipinski definition) is 1. The van der Waals surface area contributed by atoms with E-state index in [0.717, 1.165) is 11.3 Å². The van der Waals surface area contributed by atoms with Crippen molar-refractivity contribution in [3.8, 4) is 0 Å². The first kappa shape index (κ1) is 14.7. The minimum absolute atomic E-state index is 0.120. The molecule has 0 spiro atoms. The van der Waals surface area contributed by atoms with Crippen molar-refractivity contribution in [3.05, 3.63) is 10.7 Å². The van der Waals surface area contributed by atoms with Gasteiger partial charge < -0.3 is 5.32 Å². The van der Waals surface area contributed by atoms with Crippen molar-refractivity contribution in [2.24, 2.45) is 5.92 Å². The minimum Gasteiger partial charge on any atom is -0.359 e. The largest absolute Gasteiger partial charge is 0.359 e. The van der Waals surface area contributed by atoms with Crippen LogP contribution in [0, 0.1) is 5.92 Å². The molecule has 2 heterocycles. The highest BCUT2D eigenvalue weighted by Gasteiger charge is 2.33. The van der Waals surface area contributed by atoms with Crippen molar-refractivity contribution in [1.29, 1.82) is 0 Å². The molecule has 6 nitrogen and oxygen atoms in total. The number of carbonyl (C=O) groups is 1. The number of hydrogen-bond acceptors (Lipinski definition) is 5. The Morgan fingerprint density at radius 3 is 2.95 bits per heavy atom. The Labute approximate surface area is 120 Å². The van der Waals surface area contributed by atoms with Gasteiger partial charge in [-0.25, -0.2) is 13.4 Å². The molecule has 1 saturated heterocycles. The van der Waals surface area contributed by atoms with Crippen LogP contribution in [0.1, 0.15) is 12.8 Å². The van der Waals surface area contributed by atoms with E-state index >= 15 is 0 Å². The summed E-state index contributed by atoms with van der Waals surface area (Å²) in [5.41, 5.74) is 0. The van der Waals surface area contributed by atoms with E-state index in [9.17, 15) is 13.2 Å². The van der Waals surface area contributed by atoms with Gasteiger partial charge in [0.1, 0.15) is 0 Å². The summed E-state index contributed by atoms with van der Waals surface area (Å²) in [6.07, 6.45) is 2.63. The van der Waals surface area contributed by atoms with Crippen molar-refractivity contribution in [2.75, 3.05) is 20.1 Å². The van der Waals surface area contributed by atoms with Gasteiger partial charge in [0.25, 0.3) is 10.0 Å². The third-order valence-corrected chi connectivity index (χ3v) is 6.47. The van der Waals surface area contributed by atoms with Gasteiger partial charge in [-0.1, -0.05) is 22.9 Å². The minimum atomic E-state index is -3.59. The van der Waals surface area contributed by atoms with Crippen LogP contribution >= 0.6 is 22.9 Å². The summed E-state index contributed by atoms with van der Waals surface area (Å²) >= 11 is 6.60. The number of piperidine rings is 1. The zero-order chi connectivity index (χ0) is 14.0. The van der Waals surface area contributed by atoms with Crippen molar-refractivity contribution in [1.82, 2.24) is 14.6 Å². The number of nitrogens with zero attached hydrogens (tertiary/aromatic N) is 2. The van der Waals surface area contributed by atoms with Crippen LogP contribution in [0.2, 0.25) is 4.47 Å². The topological polar surface area (TPSA) is 79.4 Å². The van der Waals surface area contributed by atoms with Crippen molar-refractivity contribution in [3.63, 3.8) is 0 Å². The Hall–Kier alpha value is -0.700. The summed E-state index contributed by atoms with van der Waals surface area (Å²) in [5, 5.41) is 2.56. The monoisotopic (exact) mass is 323 g/mol. The highest BCUT2D eigenvalue weighted by molar-refractivity contribution is 7.91. The standard InChI is InChI=1S/C10H14ClN3O3S2/c1-12-9(15)7-3-2-4-14(6-7)19(16,17)8-5-13-10(11)18-8/h5,7H,2-4,6H2,1H3,(H,12,15). The SMILES string of the molecule is CNC(=O)C1CCCN(S(=O)(=O)c2cnc(Cl)s2)C1. The van der Waals surface area contributed by atoms with E-state index in [2.05, 4.69) is 10.3 Å². The maximum atomic E-state index is 12.4. The molecule has 1 aliphatic heterocycles. The summed E-state index contributed by atoms with van der Waals surface area (Å²) in [6, 6.07) is 0. The summed E-state index contributed by atoms with van der Waals surface area (Å²) in [7, 11) is -2.04.